The van der Waals surface area contributed by atoms with Crippen molar-refractivity contribution in [1.29, 1.82) is 0 Å². The summed E-state index contributed by atoms with van der Waals surface area (Å²) >= 11 is 3.37. The summed E-state index contributed by atoms with van der Waals surface area (Å²) in [7, 11) is 1.55. The second-order valence-electron chi connectivity index (χ2n) is 7.60. The van der Waals surface area contributed by atoms with Crippen LogP contribution in [0.2, 0.25) is 0 Å². The highest BCUT2D eigenvalue weighted by atomic mass is 79.9. The lowest BCUT2D eigenvalue weighted by molar-refractivity contribution is -0.123. The number of rotatable bonds is 4. The molecule has 4 atom stereocenters. The average molecular weight is 480 g/mol. The van der Waals surface area contributed by atoms with Gasteiger partial charge in [-0.25, -0.2) is 4.90 Å². The number of ketones is 1. The number of carbonyl (C=O) groups is 3. The number of allylic oxidation sites excluding steroid dienone is 1. The molecule has 2 aromatic carbocycles. The maximum Gasteiger partial charge on any atom is 0.240 e. The van der Waals surface area contributed by atoms with E-state index in [0.717, 1.165) is 4.47 Å². The number of halogens is 1. The molecule has 0 unspecified atom stereocenters. The van der Waals surface area contributed by atoms with Crippen LogP contribution in [0.3, 0.4) is 0 Å². The van der Waals surface area contributed by atoms with Crippen molar-refractivity contribution in [3.63, 3.8) is 0 Å². The van der Waals surface area contributed by atoms with Gasteiger partial charge in [-0.1, -0.05) is 22.0 Å². The van der Waals surface area contributed by atoms with Gasteiger partial charge >= 0.3 is 0 Å². The molecule has 2 amide bonds. The molecule has 0 bridgehead atoms. The molecule has 5 rings (SSSR count). The minimum Gasteiger partial charge on any atom is -0.497 e. The van der Waals surface area contributed by atoms with Crippen LogP contribution in [0, 0.1) is 11.8 Å². The fourth-order valence-corrected chi connectivity index (χ4v) is 4.87. The number of anilines is 1. The van der Waals surface area contributed by atoms with Crippen molar-refractivity contribution in [2.75, 3.05) is 12.0 Å². The van der Waals surface area contributed by atoms with E-state index in [1.54, 1.807) is 72.9 Å². The summed E-state index contributed by atoms with van der Waals surface area (Å²) in [6.07, 6.45) is 5.16. The summed E-state index contributed by atoms with van der Waals surface area (Å²) in [5, 5.41) is 5.97. The number of hydrogen-bond acceptors (Lipinski definition) is 6. The summed E-state index contributed by atoms with van der Waals surface area (Å²) in [4.78, 5) is 41.6. The molecule has 8 heteroatoms. The van der Waals surface area contributed by atoms with Crippen molar-refractivity contribution >= 4 is 45.4 Å². The van der Waals surface area contributed by atoms with Gasteiger partial charge in [0.2, 0.25) is 11.8 Å². The van der Waals surface area contributed by atoms with Crippen molar-refractivity contribution < 1.29 is 19.1 Å². The molecule has 0 spiro atoms. The Labute approximate surface area is 187 Å². The van der Waals surface area contributed by atoms with Crippen LogP contribution in [0.4, 0.5) is 5.69 Å². The lowest BCUT2D eigenvalue weighted by Crippen LogP contribution is -2.46. The van der Waals surface area contributed by atoms with Gasteiger partial charge in [-0.2, -0.15) is 5.10 Å². The van der Waals surface area contributed by atoms with Crippen molar-refractivity contribution in [2.45, 2.75) is 12.1 Å². The highest BCUT2D eigenvalue weighted by Gasteiger charge is 2.64. The molecule has 3 aliphatic rings. The largest absolute Gasteiger partial charge is 0.497 e. The molecule has 0 aromatic heterocycles. The van der Waals surface area contributed by atoms with Gasteiger partial charge in [-0.3, -0.25) is 19.4 Å². The molecule has 2 aromatic rings. The molecule has 3 aliphatic heterocycles. The highest BCUT2D eigenvalue weighted by Crippen LogP contribution is 2.46. The standard InChI is InChI=1S/C23H18BrN3O4/c1-31-16-10-4-13(5-11-16)21(28)20-19-18(17-3-2-12-25-27(17)20)22(29)26(23(19)30)15-8-6-14(24)7-9-15/h2-12,17-20H,1H3/t17-,18-,19+,20-/m1/s1. The van der Waals surface area contributed by atoms with E-state index in [1.807, 2.05) is 6.08 Å². The van der Waals surface area contributed by atoms with E-state index in [2.05, 4.69) is 21.0 Å². The molecule has 2 saturated heterocycles. The summed E-state index contributed by atoms with van der Waals surface area (Å²) < 4.78 is 6.02. The summed E-state index contributed by atoms with van der Waals surface area (Å²) in [5.41, 5.74) is 0.940. The van der Waals surface area contributed by atoms with Gasteiger partial charge in [0.15, 0.2) is 5.78 Å². The minimum atomic E-state index is -0.860. The molecule has 0 saturated carbocycles. The first-order valence-corrected chi connectivity index (χ1v) is 10.6. The van der Waals surface area contributed by atoms with Crippen LogP contribution in [0.1, 0.15) is 10.4 Å². The molecule has 31 heavy (non-hydrogen) atoms. The normalized spacial score (nSPS) is 26.3. The van der Waals surface area contributed by atoms with Crippen LogP contribution in [-0.2, 0) is 9.59 Å². The molecule has 0 N–H and O–H groups in total. The monoisotopic (exact) mass is 479 g/mol. The van der Waals surface area contributed by atoms with Crippen molar-refractivity contribution in [1.82, 2.24) is 5.01 Å². The number of imide groups is 1. The zero-order chi connectivity index (χ0) is 21.7. The number of hydrazone groups is 1. The lowest BCUT2D eigenvalue weighted by atomic mass is 9.86. The maximum absolute atomic E-state index is 13.5. The Hall–Kier alpha value is -3.26. The summed E-state index contributed by atoms with van der Waals surface area (Å²) in [5.74, 6) is -1.77. The quantitative estimate of drug-likeness (QED) is 0.497. The van der Waals surface area contributed by atoms with E-state index in [4.69, 9.17) is 4.74 Å². The van der Waals surface area contributed by atoms with E-state index >= 15 is 0 Å². The number of benzene rings is 2. The van der Waals surface area contributed by atoms with Gasteiger partial charge in [0.1, 0.15) is 11.8 Å². The van der Waals surface area contributed by atoms with Crippen LogP contribution < -0.4 is 9.64 Å². The number of hydrogen-bond donors (Lipinski definition) is 0. The van der Waals surface area contributed by atoms with Crippen LogP contribution in [0.5, 0.6) is 5.75 Å². The van der Waals surface area contributed by atoms with Crippen LogP contribution >= 0.6 is 15.9 Å². The highest BCUT2D eigenvalue weighted by molar-refractivity contribution is 9.10. The van der Waals surface area contributed by atoms with Gasteiger partial charge in [-0.05, 0) is 54.6 Å². The Balaban J connectivity index is 1.55. The van der Waals surface area contributed by atoms with Crippen molar-refractivity contribution in [3.05, 3.63) is 70.7 Å². The Morgan fingerprint density at radius 1 is 1.00 bits per heavy atom. The number of methoxy groups -OCH3 is 1. The number of carbonyl (C=O) groups excluding carboxylic acids is 3. The fourth-order valence-electron chi connectivity index (χ4n) is 4.61. The second kappa shape index (κ2) is 7.46. The smallest absolute Gasteiger partial charge is 0.240 e. The topological polar surface area (TPSA) is 79.3 Å². The SMILES string of the molecule is COc1ccc(C(=O)[C@H]2[C@H]3C(=O)N(c4ccc(Br)cc4)C(=O)[C@@H]3[C@H]3C=CC=NN32)cc1. The third kappa shape index (κ3) is 3.01. The Morgan fingerprint density at radius 3 is 2.35 bits per heavy atom. The molecule has 0 radical (unpaired) electrons. The summed E-state index contributed by atoms with van der Waals surface area (Å²) in [6, 6.07) is 12.4. The predicted octanol–water partition coefficient (Wildman–Crippen LogP) is 3.05. The van der Waals surface area contributed by atoms with Gasteiger partial charge in [0.25, 0.3) is 0 Å². The van der Waals surface area contributed by atoms with E-state index < -0.39 is 23.9 Å². The van der Waals surface area contributed by atoms with Gasteiger partial charge < -0.3 is 4.74 Å². The molecular weight excluding hydrogens is 462 g/mol. The van der Waals surface area contributed by atoms with E-state index in [0.29, 0.717) is 17.0 Å². The van der Waals surface area contributed by atoms with Gasteiger partial charge in [0.05, 0.1) is 30.7 Å². The third-order valence-electron chi connectivity index (χ3n) is 6.02. The number of ether oxygens (including phenoxy) is 1. The first-order chi connectivity index (χ1) is 15.0. The van der Waals surface area contributed by atoms with E-state index in [9.17, 15) is 14.4 Å². The lowest BCUT2D eigenvalue weighted by Gasteiger charge is -2.30. The number of Topliss-reactive ketones (excluding diaryl/α,β-unsaturated/α-hetero) is 1. The van der Waals surface area contributed by atoms with E-state index in [1.165, 1.54) is 4.90 Å². The van der Waals surface area contributed by atoms with Crippen molar-refractivity contribution in [2.24, 2.45) is 16.9 Å². The Morgan fingerprint density at radius 2 is 1.68 bits per heavy atom. The van der Waals surface area contributed by atoms with Gasteiger partial charge in [0, 0.05) is 16.3 Å². The predicted molar refractivity (Wildman–Crippen MR) is 118 cm³/mol. The Bertz CT molecular complexity index is 1130. The molecule has 3 heterocycles. The maximum atomic E-state index is 13.5. The number of amides is 2. The third-order valence-corrected chi connectivity index (χ3v) is 6.55. The van der Waals surface area contributed by atoms with Crippen LogP contribution in [-0.4, -0.2) is 48.0 Å². The van der Waals surface area contributed by atoms with Crippen LogP contribution in [0.25, 0.3) is 0 Å². The molecule has 0 aliphatic carbocycles. The second-order valence-corrected chi connectivity index (χ2v) is 8.51. The van der Waals surface area contributed by atoms with Gasteiger partial charge in [-0.15, -0.1) is 0 Å². The molecule has 2 fully saturated rings. The first-order valence-electron chi connectivity index (χ1n) is 9.82. The summed E-state index contributed by atoms with van der Waals surface area (Å²) in [6.45, 7) is 0. The minimum absolute atomic E-state index is 0.244. The first kappa shape index (κ1) is 19.7. The number of fused-ring (bicyclic) bond motifs is 3. The molecule has 7 nitrogen and oxygen atoms in total. The molecule has 156 valence electrons. The Kier molecular flexibility index (Phi) is 4.74. The fraction of sp³-hybridized carbons (Fsp3) is 0.217. The molecular formula is C23H18BrN3O4. The van der Waals surface area contributed by atoms with Crippen molar-refractivity contribution in [3.8, 4) is 5.75 Å². The van der Waals surface area contributed by atoms with E-state index in [-0.39, 0.29) is 17.6 Å². The average Bonchev–Trinajstić information content (AvgIpc) is 3.27. The number of nitrogens with zero attached hydrogens (tertiary/aromatic N) is 3. The van der Waals surface area contributed by atoms with Crippen LogP contribution in [0.15, 0.2) is 70.3 Å². The zero-order valence-electron chi connectivity index (χ0n) is 16.5. The zero-order valence-corrected chi connectivity index (χ0v) is 18.1.